The minimum absolute atomic E-state index is 0.0593. The lowest BCUT2D eigenvalue weighted by molar-refractivity contribution is 0.208. The zero-order valence-corrected chi connectivity index (χ0v) is 10.2. The Morgan fingerprint density at radius 3 is 2.44 bits per heavy atom. The maximum absolute atomic E-state index is 11.6. The summed E-state index contributed by atoms with van der Waals surface area (Å²) in [6, 6.07) is 1.23. The van der Waals surface area contributed by atoms with Crippen LogP contribution < -0.4 is 17.0 Å². The third-order valence-corrected chi connectivity index (χ3v) is 3.19. The van der Waals surface area contributed by atoms with E-state index < -0.39 is 11.2 Å². The normalized spacial score (nSPS) is 12.1. The van der Waals surface area contributed by atoms with Crippen LogP contribution in [0.25, 0.3) is 0 Å². The van der Waals surface area contributed by atoms with Gasteiger partial charge in [0.15, 0.2) is 0 Å². The highest BCUT2D eigenvalue weighted by atomic mass is 16.2. The fraction of sp³-hybridized carbons (Fsp3) is 0.636. The van der Waals surface area contributed by atoms with Gasteiger partial charge in [-0.2, -0.15) is 0 Å². The van der Waals surface area contributed by atoms with E-state index in [1.165, 1.54) is 10.6 Å². The maximum Gasteiger partial charge on any atom is 0.329 e. The van der Waals surface area contributed by atoms with Gasteiger partial charge >= 0.3 is 5.69 Å². The van der Waals surface area contributed by atoms with Gasteiger partial charge in [0.2, 0.25) is 0 Å². The molecule has 1 heterocycles. The average molecular weight is 225 g/mol. The number of nitrogens with one attached hydrogen (secondary N) is 1. The fourth-order valence-electron chi connectivity index (χ4n) is 1.29. The molecule has 0 aromatic carbocycles. The number of nitrogens with two attached hydrogens (primary N) is 1. The largest absolute Gasteiger partial charge is 0.385 e. The van der Waals surface area contributed by atoms with E-state index in [-0.39, 0.29) is 11.2 Å². The first kappa shape index (κ1) is 12.5. The number of anilines is 1. The molecule has 0 radical (unpaired) electrons. The molecule has 0 aliphatic rings. The van der Waals surface area contributed by atoms with Crippen LogP contribution in [0.5, 0.6) is 0 Å². The summed E-state index contributed by atoms with van der Waals surface area (Å²) >= 11 is 0. The zero-order chi connectivity index (χ0) is 12.5. The molecule has 0 atom stereocenters. The molecule has 0 fully saturated rings. The molecule has 90 valence electrons. The van der Waals surface area contributed by atoms with Gasteiger partial charge in [0.05, 0.1) is 0 Å². The van der Waals surface area contributed by atoms with Crippen LogP contribution in [-0.2, 0) is 6.54 Å². The minimum atomic E-state index is -0.457. The number of aromatic nitrogens is 2. The Kier molecular flexibility index (Phi) is 3.26. The molecule has 0 saturated heterocycles. The van der Waals surface area contributed by atoms with E-state index in [1.54, 1.807) is 0 Å². The topological polar surface area (TPSA) is 80.9 Å². The van der Waals surface area contributed by atoms with Crippen molar-refractivity contribution in [3.8, 4) is 0 Å². The monoisotopic (exact) mass is 225 g/mol. The quantitative estimate of drug-likeness (QED) is 0.798. The summed E-state index contributed by atoms with van der Waals surface area (Å²) in [7, 11) is 0. The molecule has 1 aromatic heterocycles. The van der Waals surface area contributed by atoms with Crippen LogP contribution in [0, 0.1) is 11.3 Å². The van der Waals surface area contributed by atoms with E-state index in [9.17, 15) is 9.59 Å². The highest BCUT2D eigenvalue weighted by Gasteiger charge is 2.24. The standard InChI is InChI=1S/C11H19N3O2/c1-7(2)11(3,4)6-14-8(12)5-9(15)13-10(14)16/h5,7H,6,12H2,1-4H3,(H,13,15,16). The van der Waals surface area contributed by atoms with Gasteiger partial charge < -0.3 is 5.73 Å². The smallest absolute Gasteiger partial charge is 0.329 e. The Morgan fingerprint density at radius 1 is 1.44 bits per heavy atom. The maximum atomic E-state index is 11.6. The van der Waals surface area contributed by atoms with Crippen molar-refractivity contribution in [1.82, 2.24) is 9.55 Å². The molecule has 1 aromatic rings. The Morgan fingerprint density at radius 2 is 2.00 bits per heavy atom. The predicted octanol–water partition coefficient (Wildman–Crippen LogP) is 0.801. The number of hydrogen-bond acceptors (Lipinski definition) is 3. The summed E-state index contributed by atoms with van der Waals surface area (Å²) in [6.07, 6.45) is 0. The van der Waals surface area contributed by atoms with E-state index in [4.69, 9.17) is 5.73 Å². The number of aromatic amines is 1. The Balaban J connectivity index is 3.17. The molecule has 5 nitrogen and oxygen atoms in total. The third kappa shape index (κ3) is 2.53. The van der Waals surface area contributed by atoms with Crippen molar-refractivity contribution < 1.29 is 0 Å². The van der Waals surface area contributed by atoms with Gasteiger partial charge in [0.1, 0.15) is 5.82 Å². The number of rotatable bonds is 3. The summed E-state index contributed by atoms with van der Waals surface area (Å²) in [5.74, 6) is 0.619. The van der Waals surface area contributed by atoms with Crippen LogP contribution in [0.3, 0.4) is 0 Å². The van der Waals surface area contributed by atoms with Crippen LogP contribution in [-0.4, -0.2) is 9.55 Å². The second-order valence-electron chi connectivity index (χ2n) is 5.09. The van der Waals surface area contributed by atoms with Crippen molar-refractivity contribution in [1.29, 1.82) is 0 Å². The van der Waals surface area contributed by atoms with E-state index in [0.29, 0.717) is 12.5 Å². The molecular formula is C11H19N3O2. The summed E-state index contributed by atoms with van der Waals surface area (Å²) < 4.78 is 1.40. The van der Waals surface area contributed by atoms with E-state index in [2.05, 4.69) is 32.7 Å². The second kappa shape index (κ2) is 4.15. The molecule has 16 heavy (non-hydrogen) atoms. The first-order valence-electron chi connectivity index (χ1n) is 5.33. The molecule has 0 bridgehead atoms. The van der Waals surface area contributed by atoms with E-state index in [1.807, 2.05) is 0 Å². The number of H-pyrrole nitrogens is 1. The average Bonchev–Trinajstić information content (AvgIpc) is 2.11. The fourth-order valence-corrected chi connectivity index (χ4v) is 1.29. The highest BCUT2D eigenvalue weighted by Crippen LogP contribution is 2.27. The van der Waals surface area contributed by atoms with Gasteiger partial charge in [-0.15, -0.1) is 0 Å². The molecule has 0 saturated carbocycles. The van der Waals surface area contributed by atoms with Crippen molar-refractivity contribution in [2.24, 2.45) is 11.3 Å². The minimum Gasteiger partial charge on any atom is -0.385 e. The summed E-state index contributed by atoms with van der Waals surface area (Å²) in [6.45, 7) is 8.80. The van der Waals surface area contributed by atoms with Crippen LogP contribution in [0.1, 0.15) is 27.7 Å². The van der Waals surface area contributed by atoms with E-state index >= 15 is 0 Å². The molecule has 0 aliphatic heterocycles. The Bertz CT molecular complexity index is 483. The molecular weight excluding hydrogens is 206 g/mol. The number of nitrogens with zero attached hydrogens (tertiary/aromatic N) is 1. The SMILES string of the molecule is CC(C)C(C)(C)Cn1c(N)cc(=O)[nH]c1=O. The molecule has 0 aliphatic carbocycles. The van der Waals surface area contributed by atoms with Crippen LogP contribution in [0.15, 0.2) is 15.7 Å². The van der Waals surface area contributed by atoms with Crippen molar-refractivity contribution >= 4 is 5.82 Å². The predicted molar refractivity (Wildman–Crippen MR) is 64.4 cm³/mol. The molecule has 5 heteroatoms. The number of nitrogen functional groups attached to an aromatic ring is 1. The van der Waals surface area contributed by atoms with Gasteiger partial charge in [0.25, 0.3) is 5.56 Å². The first-order chi connectivity index (χ1) is 7.24. The van der Waals surface area contributed by atoms with Gasteiger partial charge in [-0.25, -0.2) is 4.79 Å². The van der Waals surface area contributed by atoms with Crippen LogP contribution in [0.4, 0.5) is 5.82 Å². The van der Waals surface area contributed by atoms with Gasteiger partial charge in [-0.3, -0.25) is 14.3 Å². The molecule has 0 spiro atoms. The molecule has 0 unspecified atom stereocenters. The van der Waals surface area contributed by atoms with Crippen molar-refractivity contribution in [2.75, 3.05) is 5.73 Å². The van der Waals surface area contributed by atoms with Crippen LogP contribution >= 0.6 is 0 Å². The second-order valence-corrected chi connectivity index (χ2v) is 5.09. The zero-order valence-electron chi connectivity index (χ0n) is 10.2. The van der Waals surface area contributed by atoms with Crippen molar-refractivity contribution in [2.45, 2.75) is 34.2 Å². The van der Waals surface area contributed by atoms with Crippen molar-refractivity contribution in [3.05, 3.63) is 26.9 Å². The summed E-state index contributed by atoms with van der Waals surface area (Å²) in [5.41, 5.74) is 4.71. The first-order valence-corrected chi connectivity index (χ1v) is 5.33. The molecule has 3 N–H and O–H groups in total. The van der Waals surface area contributed by atoms with Crippen LogP contribution in [0.2, 0.25) is 0 Å². The van der Waals surface area contributed by atoms with Gasteiger partial charge in [-0.05, 0) is 11.3 Å². The molecule has 1 rings (SSSR count). The lowest BCUT2D eigenvalue weighted by Gasteiger charge is -2.30. The van der Waals surface area contributed by atoms with Crippen molar-refractivity contribution in [3.63, 3.8) is 0 Å². The molecule has 0 amide bonds. The van der Waals surface area contributed by atoms with Gasteiger partial charge in [-0.1, -0.05) is 27.7 Å². The highest BCUT2D eigenvalue weighted by molar-refractivity contribution is 5.26. The van der Waals surface area contributed by atoms with E-state index in [0.717, 1.165) is 0 Å². The summed E-state index contributed by atoms with van der Waals surface area (Å²) in [4.78, 5) is 24.8. The summed E-state index contributed by atoms with van der Waals surface area (Å²) in [5, 5.41) is 0. The third-order valence-electron chi connectivity index (χ3n) is 3.19. The lowest BCUT2D eigenvalue weighted by Crippen LogP contribution is -2.37. The Hall–Kier alpha value is -1.52. The van der Waals surface area contributed by atoms with Gasteiger partial charge in [0, 0.05) is 12.6 Å². The Labute approximate surface area is 94.3 Å². The lowest BCUT2D eigenvalue weighted by atomic mass is 9.81. The number of hydrogen-bond donors (Lipinski definition) is 2.